The van der Waals surface area contributed by atoms with Gasteiger partial charge in [0.05, 0.1) is 17.7 Å². The maximum atomic E-state index is 13.7. The lowest BCUT2D eigenvalue weighted by atomic mass is 10.2. The highest BCUT2D eigenvalue weighted by atomic mass is 32.2. The summed E-state index contributed by atoms with van der Waals surface area (Å²) < 4.78 is 44.4. The quantitative estimate of drug-likeness (QED) is 0.714. The Morgan fingerprint density at radius 2 is 1.73 bits per heavy atom. The Hall–Kier alpha value is -2.71. The number of para-hydroxylation sites is 1. The Labute approximate surface area is 154 Å². The number of benzene rings is 2. The molecular formula is C18H14FNO4S2. The van der Waals surface area contributed by atoms with Gasteiger partial charge in [-0.3, -0.25) is 4.79 Å². The summed E-state index contributed by atoms with van der Waals surface area (Å²) in [6, 6.07) is 14.7. The Balaban J connectivity index is 1.88. The first-order chi connectivity index (χ1) is 12.4. The predicted octanol–water partition coefficient (Wildman–Crippen LogP) is 3.98. The minimum atomic E-state index is -3.80. The highest BCUT2D eigenvalue weighted by Crippen LogP contribution is 2.34. The third-order valence-electron chi connectivity index (χ3n) is 3.56. The van der Waals surface area contributed by atoms with E-state index >= 15 is 0 Å². The molecule has 0 saturated carbocycles. The zero-order valence-corrected chi connectivity index (χ0v) is 15.2. The van der Waals surface area contributed by atoms with Gasteiger partial charge in [0.1, 0.15) is 20.7 Å². The first-order valence-corrected chi connectivity index (χ1v) is 9.77. The summed E-state index contributed by atoms with van der Waals surface area (Å²) in [4.78, 5) is 12.2. The number of hydrogen-bond donors (Lipinski definition) is 1. The van der Waals surface area contributed by atoms with Crippen LogP contribution in [-0.4, -0.2) is 21.4 Å². The fourth-order valence-corrected chi connectivity index (χ4v) is 5.05. The van der Waals surface area contributed by atoms with E-state index in [0.717, 1.165) is 11.3 Å². The molecule has 0 bridgehead atoms. The van der Waals surface area contributed by atoms with Crippen molar-refractivity contribution in [3.8, 4) is 5.75 Å². The lowest BCUT2D eigenvalue weighted by Gasteiger charge is -2.07. The van der Waals surface area contributed by atoms with Gasteiger partial charge in [0.25, 0.3) is 5.91 Å². The molecule has 0 unspecified atom stereocenters. The molecule has 0 atom stereocenters. The molecule has 0 aliphatic carbocycles. The maximum Gasteiger partial charge on any atom is 0.259 e. The first-order valence-electron chi connectivity index (χ1n) is 7.47. The van der Waals surface area contributed by atoms with Crippen molar-refractivity contribution in [2.24, 2.45) is 0 Å². The molecule has 2 aromatic carbocycles. The van der Waals surface area contributed by atoms with Gasteiger partial charge in [-0.25, -0.2) is 12.8 Å². The first kappa shape index (κ1) is 18.1. The van der Waals surface area contributed by atoms with Crippen molar-refractivity contribution in [1.29, 1.82) is 0 Å². The van der Waals surface area contributed by atoms with Crippen molar-refractivity contribution >= 4 is 32.1 Å². The Morgan fingerprint density at radius 3 is 2.46 bits per heavy atom. The monoisotopic (exact) mass is 391 g/mol. The smallest absolute Gasteiger partial charge is 0.259 e. The van der Waals surface area contributed by atoms with Gasteiger partial charge in [0, 0.05) is 0 Å². The van der Waals surface area contributed by atoms with Gasteiger partial charge in [-0.15, -0.1) is 11.3 Å². The van der Waals surface area contributed by atoms with Crippen LogP contribution in [0.1, 0.15) is 10.4 Å². The lowest BCUT2D eigenvalue weighted by molar-refractivity contribution is 0.102. The van der Waals surface area contributed by atoms with Crippen LogP contribution in [0.4, 0.5) is 9.39 Å². The van der Waals surface area contributed by atoms with Gasteiger partial charge in [-0.1, -0.05) is 24.3 Å². The van der Waals surface area contributed by atoms with Gasteiger partial charge in [0.15, 0.2) is 0 Å². The molecule has 1 amide bonds. The zero-order valence-electron chi connectivity index (χ0n) is 13.6. The van der Waals surface area contributed by atoms with Gasteiger partial charge in [-0.05, 0) is 36.4 Å². The molecule has 1 heterocycles. The second kappa shape index (κ2) is 7.27. The van der Waals surface area contributed by atoms with Gasteiger partial charge >= 0.3 is 0 Å². The summed E-state index contributed by atoms with van der Waals surface area (Å²) in [7, 11) is -2.41. The molecule has 8 heteroatoms. The highest BCUT2D eigenvalue weighted by molar-refractivity contribution is 7.93. The van der Waals surface area contributed by atoms with Crippen LogP contribution in [0.3, 0.4) is 0 Å². The number of nitrogens with one attached hydrogen (secondary N) is 1. The Morgan fingerprint density at radius 1 is 1.04 bits per heavy atom. The molecule has 0 saturated heterocycles. The van der Waals surface area contributed by atoms with Crippen molar-refractivity contribution in [3.63, 3.8) is 0 Å². The second-order valence-corrected chi connectivity index (χ2v) is 8.44. The van der Waals surface area contributed by atoms with Gasteiger partial charge < -0.3 is 10.1 Å². The van der Waals surface area contributed by atoms with E-state index in [4.69, 9.17) is 4.74 Å². The number of sulfone groups is 1. The number of ether oxygens (including phenoxy) is 1. The molecule has 0 radical (unpaired) electrons. The number of thiophene rings is 1. The topological polar surface area (TPSA) is 72.5 Å². The zero-order chi connectivity index (χ0) is 18.7. The number of hydrogen-bond acceptors (Lipinski definition) is 5. The van der Waals surface area contributed by atoms with Crippen LogP contribution in [0.2, 0.25) is 0 Å². The number of rotatable bonds is 5. The van der Waals surface area contributed by atoms with Crippen LogP contribution in [0, 0.1) is 5.82 Å². The summed E-state index contributed by atoms with van der Waals surface area (Å²) in [5.41, 5.74) is -0.116. The number of carbonyl (C=O) groups excluding carboxylic acids is 1. The minimum Gasteiger partial charge on any atom is -0.495 e. The summed E-state index contributed by atoms with van der Waals surface area (Å²) in [5, 5.41) is 2.81. The third kappa shape index (κ3) is 3.47. The summed E-state index contributed by atoms with van der Waals surface area (Å²) in [5.74, 6) is -1.06. The van der Waals surface area contributed by atoms with Gasteiger partial charge in [-0.2, -0.15) is 0 Å². The number of halogens is 1. The van der Waals surface area contributed by atoms with Crippen LogP contribution < -0.4 is 10.1 Å². The van der Waals surface area contributed by atoms with Crippen LogP contribution >= 0.6 is 11.3 Å². The fourth-order valence-electron chi connectivity index (χ4n) is 2.31. The molecule has 1 aromatic heterocycles. The third-order valence-corrected chi connectivity index (χ3v) is 6.85. The average Bonchev–Trinajstić information content (AvgIpc) is 3.11. The van der Waals surface area contributed by atoms with Crippen molar-refractivity contribution < 1.29 is 22.3 Å². The number of anilines is 1. The molecule has 134 valence electrons. The second-order valence-electron chi connectivity index (χ2n) is 5.21. The Kier molecular flexibility index (Phi) is 5.06. The lowest BCUT2D eigenvalue weighted by Crippen LogP contribution is -2.12. The molecule has 0 fully saturated rings. The highest BCUT2D eigenvalue weighted by Gasteiger charge is 2.24. The summed E-state index contributed by atoms with van der Waals surface area (Å²) in [6.45, 7) is 0. The fraction of sp³-hybridized carbons (Fsp3) is 0.0556. The summed E-state index contributed by atoms with van der Waals surface area (Å²) in [6.07, 6.45) is 0. The van der Waals surface area contributed by atoms with E-state index in [1.165, 1.54) is 43.5 Å². The molecular weight excluding hydrogens is 377 g/mol. The normalized spacial score (nSPS) is 11.2. The average molecular weight is 391 g/mol. The maximum absolute atomic E-state index is 13.7. The van der Waals surface area contributed by atoms with Crippen LogP contribution in [0.25, 0.3) is 0 Å². The van der Waals surface area contributed by atoms with Crippen molar-refractivity contribution in [2.75, 3.05) is 12.4 Å². The van der Waals surface area contributed by atoms with Crippen molar-refractivity contribution in [1.82, 2.24) is 0 Å². The van der Waals surface area contributed by atoms with E-state index in [1.54, 1.807) is 24.3 Å². The van der Waals surface area contributed by atoms with E-state index in [2.05, 4.69) is 5.32 Å². The molecule has 0 aliphatic rings. The van der Waals surface area contributed by atoms with Crippen LogP contribution in [0.5, 0.6) is 5.75 Å². The van der Waals surface area contributed by atoms with Gasteiger partial charge in [0.2, 0.25) is 9.84 Å². The van der Waals surface area contributed by atoms with E-state index in [-0.39, 0.29) is 20.4 Å². The Bertz CT molecular complexity index is 1060. The SMILES string of the molecule is COc1ccccc1S(=O)(=O)c1ccc(NC(=O)c2ccccc2F)s1. The molecule has 0 spiro atoms. The summed E-state index contributed by atoms with van der Waals surface area (Å²) >= 11 is 0.885. The van der Waals surface area contributed by atoms with E-state index in [9.17, 15) is 17.6 Å². The predicted molar refractivity (Wildman–Crippen MR) is 97.1 cm³/mol. The molecule has 5 nitrogen and oxygen atoms in total. The van der Waals surface area contributed by atoms with E-state index in [0.29, 0.717) is 5.00 Å². The van der Waals surface area contributed by atoms with Crippen LogP contribution in [-0.2, 0) is 9.84 Å². The standard InChI is InChI=1S/C18H14FNO4S2/c1-24-14-8-4-5-9-15(14)26(22,23)17-11-10-16(25-17)20-18(21)12-6-2-3-7-13(12)19/h2-11H,1H3,(H,20,21). The number of methoxy groups -OCH3 is 1. The number of amides is 1. The molecule has 0 aliphatic heterocycles. The molecule has 1 N–H and O–H groups in total. The van der Waals surface area contributed by atoms with E-state index in [1.807, 2.05) is 0 Å². The molecule has 3 aromatic rings. The van der Waals surface area contributed by atoms with Crippen LogP contribution in [0.15, 0.2) is 69.8 Å². The van der Waals surface area contributed by atoms with E-state index < -0.39 is 21.6 Å². The molecule has 3 rings (SSSR count). The van der Waals surface area contributed by atoms with Crippen molar-refractivity contribution in [3.05, 3.63) is 72.0 Å². The molecule has 26 heavy (non-hydrogen) atoms. The van der Waals surface area contributed by atoms with Crippen molar-refractivity contribution in [2.45, 2.75) is 9.10 Å². The number of carbonyl (C=O) groups is 1. The largest absolute Gasteiger partial charge is 0.495 e. The minimum absolute atomic E-state index is 0.0383.